The van der Waals surface area contributed by atoms with Crippen LogP contribution in [-0.2, 0) is 19.5 Å². The van der Waals surface area contributed by atoms with Gasteiger partial charge in [0.1, 0.15) is 16.3 Å². The number of aromatic nitrogens is 2. The first-order valence-electron chi connectivity index (χ1n) is 8.91. The van der Waals surface area contributed by atoms with E-state index in [-0.39, 0.29) is 5.56 Å². The normalized spacial score (nSPS) is 15.0. The van der Waals surface area contributed by atoms with Crippen LogP contribution in [0.25, 0.3) is 10.2 Å². The van der Waals surface area contributed by atoms with Gasteiger partial charge in [0.15, 0.2) is 0 Å². The van der Waals surface area contributed by atoms with Crippen molar-refractivity contribution in [3.8, 4) is 5.75 Å². The van der Waals surface area contributed by atoms with E-state index in [2.05, 4.69) is 24.8 Å². The summed E-state index contributed by atoms with van der Waals surface area (Å²) in [5, 5.41) is 1.94. The van der Waals surface area contributed by atoms with Crippen LogP contribution in [0.5, 0.6) is 5.75 Å². The highest BCUT2D eigenvalue weighted by molar-refractivity contribution is 7.17. The minimum atomic E-state index is 0.110. The number of nitrogens with zero attached hydrogens (tertiary/aromatic N) is 3. The highest BCUT2D eigenvalue weighted by Gasteiger charge is 2.19. The topological polar surface area (TPSA) is 47.4 Å². The maximum atomic E-state index is 12.7. The SMILES string of the molecule is COc1ccc(CN2CCc3nc4ccsc4c(=O)n3CC2)c(C)c1C. The molecular weight excluding hydrogens is 346 g/mol. The molecule has 1 aliphatic heterocycles. The van der Waals surface area contributed by atoms with E-state index >= 15 is 0 Å². The fourth-order valence-electron chi connectivity index (χ4n) is 3.67. The van der Waals surface area contributed by atoms with Crippen LogP contribution < -0.4 is 10.3 Å². The van der Waals surface area contributed by atoms with Crippen LogP contribution in [0.4, 0.5) is 0 Å². The Morgan fingerprint density at radius 1 is 1.15 bits per heavy atom. The van der Waals surface area contributed by atoms with Gasteiger partial charge in [-0.1, -0.05) is 6.07 Å². The molecule has 1 aliphatic rings. The standard InChI is InChI=1S/C20H23N3O2S/c1-13-14(2)17(25-3)5-4-15(13)12-22-8-6-18-21-16-7-11-26-19(16)20(24)23(18)10-9-22/h4-5,7,11H,6,8-10,12H2,1-3H3. The Bertz CT molecular complexity index is 1020. The van der Waals surface area contributed by atoms with E-state index in [4.69, 9.17) is 9.72 Å². The molecule has 0 aliphatic carbocycles. The quantitative estimate of drug-likeness (QED) is 0.712. The molecule has 0 bridgehead atoms. The van der Waals surface area contributed by atoms with Crippen LogP contribution in [-0.4, -0.2) is 34.7 Å². The molecule has 3 aromatic rings. The number of fused-ring (bicyclic) bond motifs is 2. The monoisotopic (exact) mass is 369 g/mol. The number of hydrogen-bond donors (Lipinski definition) is 0. The molecule has 6 heteroatoms. The lowest BCUT2D eigenvalue weighted by Gasteiger charge is -2.22. The number of ether oxygens (including phenoxy) is 1. The maximum absolute atomic E-state index is 12.7. The fourth-order valence-corrected chi connectivity index (χ4v) is 4.44. The number of benzene rings is 1. The Kier molecular flexibility index (Phi) is 4.54. The first-order valence-corrected chi connectivity index (χ1v) is 9.79. The molecule has 136 valence electrons. The van der Waals surface area contributed by atoms with Crippen molar-refractivity contribution in [1.82, 2.24) is 14.5 Å². The summed E-state index contributed by atoms with van der Waals surface area (Å²) in [5.41, 5.74) is 4.73. The number of thiophene rings is 1. The molecule has 0 unspecified atom stereocenters. The minimum absolute atomic E-state index is 0.110. The highest BCUT2D eigenvalue weighted by Crippen LogP contribution is 2.25. The zero-order valence-corrected chi connectivity index (χ0v) is 16.2. The molecule has 5 nitrogen and oxygen atoms in total. The van der Waals surface area contributed by atoms with Gasteiger partial charge >= 0.3 is 0 Å². The first-order chi connectivity index (χ1) is 12.6. The molecule has 0 spiro atoms. The lowest BCUT2D eigenvalue weighted by atomic mass is 10.0. The Labute approximate surface area is 156 Å². The van der Waals surface area contributed by atoms with E-state index in [0.29, 0.717) is 6.54 Å². The molecular formula is C20H23N3O2S. The van der Waals surface area contributed by atoms with Gasteiger partial charge in [-0.05, 0) is 48.1 Å². The second-order valence-electron chi connectivity index (χ2n) is 6.82. The third-order valence-electron chi connectivity index (χ3n) is 5.40. The molecule has 0 amide bonds. The summed E-state index contributed by atoms with van der Waals surface area (Å²) in [5.74, 6) is 1.84. The van der Waals surface area contributed by atoms with Crippen LogP contribution in [0, 0.1) is 13.8 Å². The smallest absolute Gasteiger partial charge is 0.271 e. The van der Waals surface area contributed by atoms with Crippen molar-refractivity contribution >= 4 is 21.6 Å². The second-order valence-corrected chi connectivity index (χ2v) is 7.74. The summed E-state index contributed by atoms with van der Waals surface area (Å²) in [7, 11) is 1.71. The summed E-state index contributed by atoms with van der Waals surface area (Å²) in [4.78, 5) is 19.9. The predicted molar refractivity (Wildman–Crippen MR) is 105 cm³/mol. The van der Waals surface area contributed by atoms with Crippen molar-refractivity contribution in [1.29, 1.82) is 0 Å². The van der Waals surface area contributed by atoms with Crippen molar-refractivity contribution < 1.29 is 4.74 Å². The first kappa shape index (κ1) is 17.2. The molecule has 0 N–H and O–H groups in total. The van der Waals surface area contributed by atoms with Gasteiger partial charge in [0, 0.05) is 32.6 Å². The van der Waals surface area contributed by atoms with Crippen LogP contribution in [0.1, 0.15) is 22.5 Å². The molecule has 4 rings (SSSR count). The van der Waals surface area contributed by atoms with Crippen molar-refractivity contribution in [3.05, 3.63) is 56.4 Å². The average molecular weight is 369 g/mol. The summed E-state index contributed by atoms with van der Waals surface area (Å²) in [6, 6.07) is 6.14. The predicted octanol–water partition coefficient (Wildman–Crippen LogP) is 3.14. The van der Waals surface area contributed by atoms with E-state index in [9.17, 15) is 4.79 Å². The van der Waals surface area contributed by atoms with E-state index in [1.54, 1.807) is 7.11 Å². The van der Waals surface area contributed by atoms with Gasteiger partial charge in [-0.15, -0.1) is 11.3 Å². The van der Waals surface area contributed by atoms with Gasteiger partial charge in [0.05, 0.1) is 12.6 Å². The number of rotatable bonds is 3. The van der Waals surface area contributed by atoms with Gasteiger partial charge in [-0.2, -0.15) is 0 Å². The van der Waals surface area contributed by atoms with Gasteiger partial charge in [0.25, 0.3) is 5.56 Å². The Morgan fingerprint density at radius 2 is 2.00 bits per heavy atom. The van der Waals surface area contributed by atoms with Gasteiger partial charge in [-0.3, -0.25) is 14.3 Å². The van der Waals surface area contributed by atoms with Crippen LogP contribution in [0.3, 0.4) is 0 Å². The van der Waals surface area contributed by atoms with Crippen LogP contribution >= 0.6 is 11.3 Å². The van der Waals surface area contributed by atoms with E-state index in [0.717, 1.165) is 47.8 Å². The molecule has 0 radical (unpaired) electrons. The van der Waals surface area contributed by atoms with E-state index in [1.165, 1.54) is 28.0 Å². The van der Waals surface area contributed by atoms with Crippen molar-refractivity contribution in [2.45, 2.75) is 33.4 Å². The molecule has 0 saturated carbocycles. The molecule has 0 saturated heterocycles. The summed E-state index contributed by atoms with van der Waals surface area (Å²) in [6.45, 7) is 7.60. The fraction of sp³-hybridized carbons (Fsp3) is 0.400. The van der Waals surface area contributed by atoms with Crippen LogP contribution in [0.15, 0.2) is 28.4 Å². The zero-order chi connectivity index (χ0) is 18.3. The highest BCUT2D eigenvalue weighted by atomic mass is 32.1. The molecule has 1 aromatic carbocycles. The molecule has 2 aromatic heterocycles. The maximum Gasteiger partial charge on any atom is 0.271 e. The Balaban J connectivity index is 1.57. The summed E-state index contributed by atoms with van der Waals surface area (Å²) >= 11 is 1.48. The molecule has 26 heavy (non-hydrogen) atoms. The third kappa shape index (κ3) is 2.93. The van der Waals surface area contributed by atoms with Crippen molar-refractivity contribution in [2.75, 3.05) is 20.2 Å². The number of methoxy groups -OCH3 is 1. The zero-order valence-electron chi connectivity index (χ0n) is 15.4. The van der Waals surface area contributed by atoms with E-state index < -0.39 is 0 Å². The second kappa shape index (κ2) is 6.85. The molecule has 3 heterocycles. The van der Waals surface area contributed by atoms with Gasteiger partial charge < -0.3 is 4.74 Å². The molecule has 0 atom stereocenters. The Morgan fingerprint density at radius 3 is 2.81 bits per heavy atom. The van der Waals surface area contributed by atoms with E-state index in [1.807, 2.05) is 22.1 Å². The van der Waals surface area contributed by atoms with Gasteiger partial charge in [-0.25, -0.2) is 4.98 Å². The van der Waals surface area contributed by atoms with Crippen LogP contribution in [0.2, 0.25) is 0 Å². The average Bonchev–Trinajstić information content (AvgIpc) is 3.02. The lowest BCUT2D eigenvalue weighted by molar-refractivity contribution is 0.270. The summed E-state index contributed by atoms with van der Waals surface area (Å²) in [6.07, 6.45) is 0.801. The lowest BCUT2D eigenvalue weighted by Crippen LogP contribution is -2.28. The van der Waals surface area contributed by atoms with Gasteiger partial charge in [0.2, 0.25) is 0 Å². The molecule has 0 fully saturated rings. The largest absolute Gasteiger partial charge is 0.496 e. The van der Waals surface area contributed by atoms with Crippen molar-refractivity contribution in [2.24, 2.45) is 0 Å². The summed E-state index contributed by atoms with van der Waals surface area (Å²) < 4.78 is 8.05. The third-order valence-corrected chi connectivity index (χ3v) is 6.29. The number of hydrogen-bond acceptors (Lipinski definition) is 5. The minimum Gasteiger partial charge on any atom is -0.496 e. The Hall–Kier alpha value is -2.18. The van der Waals surface area contributed by atoms with Crippen molar-refractivity contribution in [3.63, 3.8) is 0 Å².